The van der Waals surface area contributed by atoms with Crippen LogP contribution in [-0.2, 0) is 19.1 Å². The van der Waals surface area contributed by atoms with Gasteiger partial charge in [0.05, 0.1) is 0 Å². The van der Waals surface area contributed by atoms with E-state index < -0.39 is 11.4 Å². The van der Waals surface area contributed by atoms with Crippen LogP contribution in [0.5, 0.6) is 0 Å². The van der Waals surface area contributed by atoms with E-state index in [1.807, 2.05) is 6.92 Å². The average Bonchev–Trinajstić information content (AvgIpc) is 3.36. The van der Waals surface area contributed by atoms with Gasteiger partial charge in [0.2, 0.25) is 11.8 Å². The fourth-order valence-electron chi connectivity index (χ4n) is 2.97. The number of rotatable bonds is 8. The number of nitrogens with zero attached hydrogens (tertiary/aromatic N) is 1. The molecule has 2 rings (SSSR count). The number of likely N-dealkylation sites (tertiary alicyclic amines) is 1. The van der Waals surface area contributed by atoms with Crippen molar-refractivity contribution in [1.82, 2.24) is 10.2 Å². The molecule has 1 aliphatic carbocycles. The zero-order chi connectivity index (χ0) is 16.9. The van der Waals surface area contributed by atoms with Crippen LogP contribution in [0.1, 0.15) is 39.0 Å². The summed E-state index contributed by atoms with van der Waals surface area (Å²) in [6.07, 6.45) is 2.85. The molecule has 0 aromatic carbocycles. The summed E-state index contributed by atoms with van der Waals surface area (Å²) >= 11 is 0. The number of carbonyl (C=O) groups excluding carboxylic acids is 2. The van der Waals surface area contributed by atoms with E-state index in [1.165, 1.54) is 0 Å². The molecule has 0 spiro atoms. The molecule has 23 heavy (non-hydrogen) atoms. The number of nitrogens with one attached hydrogen (secondary N) is 1. The van der Waals surface area contributed by atoms with Crippen molar-refractivity contribution in [3.8, 4) is 0 Å². The second kappa shape index (κ2) is 7.77. The van der Waals surface area contributed by atoms with Gasteiger partial charge in [-0.15, -0.1) is 0 Å². The predicted molar refractivity (Wildman–Crippen MR) is 82.7 cm³/mol. The van der Waals surface area contributed by atoms with Gasteiger partial charge in [0, 0.05) is 38.8 Å². The molecule has 2 N–H and O–H groups in total. The van der Waals surface area contributed by atoms with Crippen LogP contribution < -0.4 is 5.32 Å². The molecular formula is C16H26N2O5. The van der Waals surface area contributed by atoms with Crippen LogP contribution in [0.2, 0.25) is 0 Å². The van der Waals surface area contributed by atoms with Crippen molar-refractivity contribution < 1.29 is 24.2 Å². The zero-order valence-corrected chi connectivity index (χ0v) is 13.7. The number of aliphatic carboxylic acids is 1. The molecule has 130 valence electrons. The first-order chi connectivity index (χ1) is 11.0. The maximum Gasteiger partial charge on any atom is 0.319 e. The number of piperidine rings is 1. The normalized spacial score (nSPS) is 20.1. The molecule has 7 heteroatoms. The summed E-state index contributed by atoms with van der Waals surface area (Å²) in [7, 11) is 0. The van der Waals surface area contributed by atoms with Gasteiger partial charge in [0.1, 0.15) is 5.41 Å². The summed E-state index contributed by atoms with van der Waals surface area (Å²) in [6, 6.07) is 0. The molecule has 0 radical (unpaired) electrons. The van der Waals surface area contributed by atoms with Crippen molar-refractivity contribution in [2.45, 2.75) is 39.0 Å². The summed E-state index contributed by atoms with van der Waals surface area (Å²) in [4.78, 5) is 37.2. The number of carboxylic acids is 1. The van der Waals surface area contributed by atoms with E-state index in [4.69, 9.17) is 4.74 Å². The lowest BCUT2D eigenvalue weighted by Crippen LogP contribution is -2.47. The summed E-state index contributed by atoms with van der Waals surface area (Å²) in [5.74, 6) is -1.36. The average molecular weight is 326 g/mol. The molecule has 2 fully saturated rings. The molecule has 0 atom stereocenters. The summed E-state index contributed by atoms with van der Waals surface area (Å²) in [5.41, 5.74) is -1.17. The van der Waals surface area contributed by atoms with Crippen molar-refractivity contribution >= 4 is 17.8 Å². The monoisotopic (exact) mass is 326 g/mol. The Kier molecular flexibility index (Phi) is 5.98. The fraction of sp³-hybridized carbons (Fsp3) is 0.812. The molecule has 2 amide bonds. The van der Waals surface area contributed by atoms with Crippen LogP contribution in [0, 0.1) is 11.3 Å². The first kappa shape index (κ1) is 17.7. The molecule has 1 heterocycles. The highest BCUT2D eigenvalue weighted by molar-refractivity contribution is 6.04. The van der Waals surface area contributed by atoms with Crippen LogP contribution in [0.25, 0.3) is 0 Å². The Morgan fingerprint density at radius 3 is 2.43 bits per heavy atom. The number of hydrogen-bond donors (Lipinski definition) is 2. The summed E-state index contributed by atoms with van der Waals surface area (Å²) < 4.78 is 5.21. The molecule has 1 saturated heterocycles. The molecule has 1 saturated carbocycles. The SMILES string of the molecule is CCOCCCNC(=O)C1CCN(C(=O)C2(C(=O)O)CC2)CC1. The van der Waals surface area contributed by atoms with Gasteiger partial charge in [-0.25, -0.2) is 0 Å². The Labute approximate surface area is 136 Å². The molecule has 0 unspecified atom stereocenters. The Bertz CT molecular complexity index is 453. The van der Waals surface area contributed by atoms with E-state index in [-0.39, 0.29) is 17.7 Å². The third-order valence-electron chi connectivity index (χ3n) is 4.69. The molecule has 1 aliphatic heterocycles. The highest BCUT2D eigenvalue weighted by atomic mass is 16.5. The molecule has 0 aromatic rings. The number of amides is 2. The third-order valence-corrected chi connectivity index (χ3v) is 4.69. The molecular weight excluding hydrogens is 300 g/mol. The fourth-order valence-corrected chi connectivity index (χ4v) is 2.97. The molecule has 7 nitrogen and oxygen atoms in total. The van der Waals surface area contributed by atoms with E-state index in [1.54, 1.807) is 4.90 Å². The van der Waals surface area contributed by atoms with Gasteiger partial charge in [-0.05, 0) is 39.0 Å². The second-order valence-electron chi connectivity index (χ2n) is 6.30. The quantitative estimate of drug-likeness (QED) is 0.504. The van der Waals surface area contributed by atoms with Crippen LogP contribution in [0.15, 0.2) is 0 Å². The van der Waals surface area contributed by atoms with Crippen molar-refractivity contribution in [2.75, 3.05) is 32.8 Å². The van der Waals surface area contributed by atoms with Gasteiger partial charge >= 0.3 is 5.97 Å². The number of ether oxygens (including phenoxy) is 1. The minimum absolute atomic E-state index is 0.0213. The van der Waals surface area contributed by atoms with E-state index in [9.17, 15) is 19.5 Å². The van der Waals surface area contributed by atoms with Gasteiger partial charge in [-0.1, -0.05) is 0 Å². The first-order valence-corrected chi connectivity index (χ1v) is 8.39. The lowest BCUT2D eigenvalue weighted by atomic mass is 9.94. The maximum atomic E-state index is 12.3. The topological polar surface area (TPSA) is 95.9 Å². The summed E-state index contributed by atoms with van der Waals surface area (Å²) in [5, 5.41) is 12.1. The smallest absolute Gasteiger partial charge is 0.319 e. The van der Waals surface area contributed by atoms with Crippen molar-refractivity contribution in [2.24, 2.45) is 11.3 Å². The molecule has 0 aromatic heterocycles. The first-order valence-electron chi connectivity index (χ1n) is 8.39. The van der Waals surface area contributed by atoms with Gasteiger partial charge in [0.25, 0.3) is 0 Å². The zero-order valence-electron chi connectivity index (χ0n) is 13.7. The predicted octanol–water partition coefficient (Wildman–Crippen LogP) is 0.633. The third kappa shape index (κ3) is 4.22. The maximum absolute atomic E-state index is 12.3. The van der Waals surface area contributed by atoms with Crippen molar-refractivity contribution in [3.63, 3.8) is 0 Å². The highest BCUT2D eigenvalue weighted by Crippen LogP contribution is 2.47. The Morgan fingerprint density at radius 2 is 1.91 bits per heavy atom. The Morgan fingerprint density at radius 1 is 1.26 bits per heavy atom. The van der Waals surface area contributed by atoms with E-state index in [2.05, 4.69) is 5.32 Å². The number of carboxylic acid groups (broad SMARTS) is 1. The van der Waals surface area contributed by atoms with Gasteiger partial charge in [-0.3, -0.25) is 14.4 Å². The minimum Gasteiger partial charge on any atom is -0.480 e. The Balaban J connectivity index is 1.70. The lowest BCUT2D eigenvalue weighted by molar-refractivity contribution is -0.154. The summed E-state index contributed by atoms with van der Waals surface area (Å²) in [6.45, 7) is 4.78. The van der Waals surface area contributed by atoms with Crippen LogP contribution >= 0.6 is 0 Å². The largest absolute Gasteiger partial charge is 0.480 e. The van der Waals surface area contributed by atoms with Gasteiger partial charge in [0.15, 0.2) is 0 Å². The van der Waals surface area contributed by atoms with Gasteiger partial charge in [-0.2, -0.15) is 0 Å². The van der Waals surface area contributed by atoms with Crippen molar-refractivity contribution in [3.05, 3.63) is 0 Å². The van der Waals surface area contributed by atoms with Gasteiger partial charge < -0.3 is 20.1 Å². The second-order valence-corrected chi connectivity index (χ2v) is 6.30. The number of hydrogen-bond acceptors (Lipinski definition) is 4. The minimum atomic E-state index is -1.17. The lowest BCUT2D eigenvalue weighted by Gasteiger charge is -2.33. The molecule has 2 aliphatic rings. The van der Waals surface area contributed by atoms with Crippen LogP contribution in [-0.4, -0.2) is 60.6 Å². The Hall–Kier alpha value is -1.63. The van der Waals surface area contributed by atoms with Crippen molar-refractivity contribution in [1.29, 1.82) is 0 Å². The standard InChI is InChI=1S/C16H26N2O5/c1-2-23-11-3-8-17-13(19)12-4-9-18(10-5-12)14(20)16(6-7-16)15(21)22/h12H,2-11H2,1H3,(H,17,19)(H,21,22). The highest BCUT2D eigenvalue weighted by Gasteiger charge is 2.58. The van der Waals surface area contributed by atoms with E-state index in [0.717, 1.165) is 6.42 Å². The number of carbonyl (C=O) groups is 3. The van der Waals surface area contributed by atoms with Crippen LogP contribution in [0.4, 0.5) is 0 Å². The van der Waals surface area contributed by atoms with E-state index in [0.29, 0.717) is 58.5 Å². The molecule has 0 bridgehead atoms. The van der Waals surface area contributed by atoms with E-state index >= 15 is 0 Å². The van der Waals surface area contributed by atoms with Crippen LogP contribution in [0.3, 0.4) is 0 Å².